The van der Waals surface area contributed by atoms with Gasteiger partial charge in [0, 0.05) is 18.7 Å². The van der Waals surface area contributed by atoms with Crippen LogP contribution in [0.4, 0.5) is 8.78 Å². The molecule has 26 heavy (non-hydrogen) atoms. The van der Waals surface area contributed by atoms with E-state index in [-0.39, 0.29) is 23.3 Å². The number of likely N-dealkylation sites (tertiary alicyclic amines) is 1. The molecule has 7 heteroatoms. The Bertz CT molecular complexity index is 758. The number of carbonyl (C=O) groups excluding carboxylic acids is 1. The summed E-state index contributed by atoms with van der Waals surface area (Å²) in [5.74, 6) is -0.616. The van der Waals surface area contributed by atoms with Crippen molar-refractivity contribution in [1.82, 2.24) is 14.5 Å². The highest BCUT2D eigenvalue weighted by Gasteiger charge is 2.28. The molecule has 0 N–H and O–H groups in total. The van der Waals surface area contributed by atoms with Crippen LogP contribution in [-0.2, 0) is 6.42 Å². The molecule has 0 saturated carbocycles. The third-order valence-corrected chi connectivity index (χ3v) is 5.65. The maximum Gasteiger partial charge on any atom is 0.267 e. The molecule has 2 heterocycles. The normalized spacial score (nSPS) is 17.7. The molecule has 1 aliphatic rings. The standard InChI is InChI=1S/C19H23F2N3OS/c1-12(2)17-18(26-23-22-17)19(25)24-10-4-5-13(11-24)8-9-14-15(20)6-3-7-16(14)21/h3,6-7,12-13H,4-5,8-11H2,1-2H3/t13-/m1/s1. The summed E-state index contributed by atoms with van der Waals surface area (Å²) in [6.45, 7) is 5.31. The summed E-state index contributed by atoms with van der Waals surface area (Å²) >= 11 is 1.14. The Morgan fingerprint density at radius 1 is 1.35 bits per heavy atom. The first kappa shape index (κ1) is 18.9. The van der Waals surface area contributed by atoms with Gasteiger partial charge in [0.2, 0.25) is 0 Å². The first-order valence-corrected chi connectivity index (χ1v) is 9.79. The van der Waals surface area contributed by atoms with Crippen molar-refractivity contribution >= 4 is 17.4 Å². The van der Waals surface area contributed by atoms with Gasteiger partial charge in [0.1, 0.15) is 16.5 Å². The molecular weight excluding hydrogens is 356 g/mol. The SMILES string of the molecule is CC(C)c1nnsc1C(=O)N1CCC[C@H](CCc2c(F)cccc2F)C1. The predicted molar refractivity (Wildman–Crippen MR) is 97.3 cm³/mol. The summed E-state index contributed by atoms with van der Waals surface area (Å²) in [6.07, 6.45) is 2.89. The molecule has 1 atom stereocenters. The summed E-state index contributed by atoms with van der Waals surface area (Å²) in [5.41, 5.74) is 0.889. The molecule has 140 valence electrons. The Labute approximate surface area is 156 Å². The molecule has 3 rings (SSSR count). The Morgan fingerprint density at radius 2 is 2.08 bits per heavy atom. The number of hydrogen-bond donors (Lipinski definition) is 0. The Balaban J connectivity index is 1.64. The molecule has 1 saturated heterocycles. The predicted octanol–water partition coefficient (Wildman–Crippen LogP) is 4.42. The number of benzene rings is 1. The van der Waals surface area contributed by atoms with E-state index in [1.54, 1.807) is 0 Å². The van der Waals surface area contributed by atoms with Gasteiger partial charge in [-0.2, -0.15) is 0 Å². The number of piperidine rings is 1. The number of amides is 1. The van der Waals surface area contributed by atoms with Crippen molar-refractivity contribution in [3.05, 3.63) is 46.0 Å². The number of aromatic nitrogens is 2. The van der Waals surface area contributed by atoms with Crippen LogP contribution in [0.2, 0.25) is 0 Å². The van der Waals surface area contributed by atoms with Gasteiger partial charge < -0.3 is 4.90 Å². The van der Waals surface area contributed by atoms with Gasteiger partial charge in [-0.15, -0.1) is 5.10 Å². The number of rotatable bonds is 5. The van der Waals surface area contributed by atoms with E-state index in [9.17, 15) is 13.6 Å². The van der Waals surface area contributed by atoms with Gasteiger partial charge in [-0.25, -0.2) is 8.78 Å². The molecule has 0 spiro atoms. The van der Waals surface area contributed by atoms with Crippen molar-refractivity contribution in [2.24, 2.45) is 5.92 Å². The molecule has 2 aromatic rings. The minimum Gasteiger partial charge on any atom is -0.338 e. The topological polar surface area (TPSA) is 46.1 Å². The van der Waals surface area contributed by atoms with Crippen molar-refractivity contribution in [1.29, 1.82) is 0 Å². The van der Waals surface area contributed by atoms with Gasteiger partial charge in [0.15, 0.2) is 0 Å². The summed E-state index contributed by atoms with van der Waals surface area (Å²) in [7, 11) is 0. The Morgan fingerprint density at radius 3 is 2.77 bits per heavy atom. The van der Waals surface area contributed by atoms with Crippen LogP contribution in [0.1, 0.15) is 60.0 Å². The zero-order valence-electron chi connectivity index (χ0n) is 15.0. The fourth-order valence-electron chi connectivity index (χ4n) is 3.47. The van der Waals surface area contributed by atoms with Crippen molar-refractivity contribution in [2.45, 2.75) is 45.4 Å². The third kappa shape index (κ3) is 4.09. The van der Waals surface area contributed by atoms with Crippen LogP contribution in [0.15, 0.2) is 18.2 Å². The highest BCUT2D eigenvalue weighted by Crippen LogP contribution is 2.27. The van der Waals surface area contributed by atoms with Gasteiger partial charge >= 0.3 is 0 Å². The highest BCUT2D eigenvalue weighted by molar-refractivity contribution is 7.08. The summed E-state index contributed by atoms with van der Waals surface area (Å²) < 4.78 is 31.5. The van der Waals surface area contributed by atoms with E-state index in [4.69, 9.17) is 0 Å². The van der Waals surface area contributed by atoms with Gasteiger partial charge in [-0.3, -0.25) is 4.79 Å². The van der Waals surface area contributed by atoms with Crippen LogP contribution in [0.3, 0.4) is 0 Å². The van der Waals surface area contributed by atoms with Crippen LogP contribution in [0.5, 0.6) is 0 Å². The third-order valence-electron chi connectivity index (χ3n) is 4.92. The lowest BCUT2D eigenvalue weighted by atomic mass is 9.91. The molecular formula is C19H23F2N3OS. The second-order valence-corrected chi connectivity index (χ2v) is 7.89. The molecule has 1 aromatic heterocycles. The maximum absolute atomic E-state index is 13.8. The number of hydrogen-bond acceptors (Lipinski definition) is 4. The highest BCUT2D eigenvalue weighted by atomic mass is 32.1. The summed E-state index contributed by atoms with van der Waals surface area (Å²) in [4.78, 5) is 15.3. The van der Waals surface area contributed by atoms with E-state index in [0.717, 1.165) is 30.1 Å². The van der Waals surface area contributed by atoms with E-state index >= 15 is 0 Å². The second kappa shape index (κ2) is 8.20. The summed E-state index contributed by atoms with van der Waals surface area (Å²) in [6, 6.07) is 3.96. The summed E-state index contributed by atoms with van der Waals surface area (Å²) in [5, 5.41) is 4.08. The molecule has 0 unspecified atom stereocenters. The van der Waals surface area contributed by atoms with Crippen LogP contribution in [0, 0.1) is 17.6 Å². The minimum absolute atomic E-state index is 0.0227. The van der Waals surface area contributed by atoms with Gasteiger partial charge in [-0.05, 0) is 61.2 Å². The largest absolute Gasteiger partial charge is 0.338 e. The van der Waals surface area contributed by atoms with Crippen molar-refractivity contribution in [3.8, 4) is 0 Å². The molecule has 1 aliphatic heterocycles. The van der Waals surface area contributed by atoms with E-state index in [0.29, 0.717) is 30.8 Å². The number of halogens is 2. The quantitative estimate of drug-likeness (QED) is 0.772. The first-order valence-electron chi connectivity index (χ1n) is 9.01. The van der Waals surface area contributed by atoms with E-state index in [2.05, 4.69) is 9.59 Å². The zero-order valence-corrected chi connectivity index (χ0v) is 15.9. The number of nitrogens with zero attached hydrogens (tertiary/aromatic N) is 3. The smallest absolute Gasteiger partial charge is 0.267 e. The molecule has 1 fully saturated rings. The molecule has 0 radical (unpaired) electrons. The second-order valence-electron chi connectivity index (χ2n) is 7.14. The van der Waals surface area contributed by atoms with Gasteiger partial charge in [-0.1, -0.05) is 24.4 Å². The van der Waals surface area contributed by atoms with Crippen LogP contribution in [0.25, 0.3) is 0 Å². The van der Waals surface area contributed by atoms with E-state index in [1.165, 1.54) is 18.2 Å². The molecule has 0 aliphatic carbocycles. The fourth-order valence-corrected chi connectivity index (χ4v) is 4.26. The monoisotopic (exact) mass is 379 g/mol. The lowest BCUT2D eigenvalue weighted by Crippen LogP contribution is -2.40. The average molecular weight is 379 g/mol. The van der Waals surface area contributed by atoms with Crippen molar-refractivity contribution < 1.29 is 13.6 Å². The maximum atomic E-state index is 13.8. The molecule has 0 bridgehead atoms. The average Bonchev–Trinajstić information content (AvgIpc) is 3.11. The lowest BCUT2D eigenvalue weighted by Gasteiger charge is -2.32. The molecule has 1 amide bonds. The lowest BCUT2D eigenvalue weighted by molar-refractivity contribution is 0.0671. The number of carbonyl (C=O) groups is 1. The molecule has 4 nitrogen and oxygen atoms in total. The Hall–Kier alpha value is -1.89. The zero-order chi connectivity index (χ0) is 18.7. The Kier molecular flexibility index (Phi) is 5.96. The first-order chi connectivity index (χ1) is 12.5. The van der Waals surface area contributed by atoms with E-state index < -0.39 is 11.6 Å². The van der Waals surface area contributed by atoms with Crippen molar-refractivity contribution in [2.75, 3.05) is 13.1 Å². The fraction of sp³-hybridized carbons (Fsp3) is 0.526. The van der Waals surface area contributed by atoms with Crippen LogP contribution in [-0.4, -0.2) is 33.5 Å². The van der Waals surface area contributed by atoms with Gasteiger partial charge in [0.25, 0.3) is 5.91 Å². The van der Waals surface area contributed by atoms with Gasteiger partial charge in [0.05, 0.1) is 5.69 Å². The van der Waals surface area contributed by atoms with Crippen molar-refractivity contribution in [3.63, 3.8) is 0 Å². The minimum atomic E-state index is -0.494. The van der Waals surface area contributed by atoms with Crippen LogP contribution >= 0.6 is 11.5 Å². The van der Waals surface area contributed by atoms with E-state index in [1.807, 2.05) is 18.7 Å². The van der Waals surface area contributed by atoms with Crippen LogP contribution < -0.4 is 0 Å². The molecule has 1 aromatic carbocycles.